The predicted molar refractivity (Wildman–Crippen MR) is 150 cm³/mol. The first-order valence-corrected chi connectivity index (χ1v) is 14.7. The van der Waals surface area contributed by atoms with E-state index < -0.39 is 10.0 Å². The van der Waals surface area contributed by atoms with E-state index in [1.54, 1.807) is 23.5 Å². The largest absolute Gasteiger partial charge is 0.497 e. The second kappa shape index (κ2) is 11.3. The van der Waals surface area contributed by atoms with Gasteiger partial charge in [-0.3, -0.25) is 0 Å². The quantitative estimate of drug-likeness (QED) is 0.414. The van der Waals surface area contributed by atoms with Crippen LogP contribution in [-0.4, -0.2) is 69.5 Å². The molecule has 0 N–H and O–H groups in total. The number of hydrogen-bond donors (Lipinski definition) is 0. The van der Waals surface area contributed by atoms with Crippen molar-refractivity contribution in [2.24, 2.45) is 0 Å². The molecule has 0 aliphatic carbocycles. The standard InChI is InChI=1S/C30H37N3O3S/c1-3-31-18-8-12-26(31)21-28-23-32(27-11-7-13-29(22-27)36-2)19-20-33(28)37(34,35)30-16-14-25(15-17-30)24-9-5-4-6-10-24/h4-7,9-11,13-17,22,26,28H,3,8,12,18-21,23H2,1-2H3. The zero-order valence-corrected chi connectivity index (χ0v) is 22.6. The first-order valence-electron chi connectivity index (χ1n) is 13.3. The molecule has 0 saturated carbocycles. The number of hydrogen-bond acceptors (Lipinski definition) is 5. The average Bonchev–Trinajstić information content (AvgIpc) is 3.40. The summed E-state index contributed by atoms with van der Waals surface area (Å²) in [6.07, 6.45) is 3.15. The molecule has 3 aromatic rings. The SMILES string of the molecule is CCN1CCCC1CC1CN(c2cccc(OC)c2)CCN1S(=O)(=O)c1ccc(-c2ccccc2)cc1. The van der Waals surface area contributed by atoms with Crippen LogP contribution in [0.15, 0.2) is 83.8 Å². The highest BCUT2D eigenvalue weighted by molar-refractivity contribution is 7.89. The molecular formula is C30H37N3O3S. The van der Waals surface area contributed by atoms with Gasteiger partial charge in [-0.25, -0.2) is 8.42 Å². The van der Waals surface area contributed by atoms with E-state index >= 15 is 0 Å². The van der Waals surface area contributed by atoms with Crippen molar-refractivity contribution in [1.82, 2.24) is 9.21 Å². The molecule has 2 fully saturated rings. The van der Waals surface area contributed by atoms with Crippen LogP contribution in [0, 0.1) is 0 Å². The van der Waals surface area contributed by atoms with Crippen LogP contribution in [0.4, 0.5) is 5.69 Å². The molecular weight excluding hydrogens is 482 g/mol. The molecule has 0 radical (unpaired) electrons. The van der Waals surface area contributed by atoms with Gasteiger partial charge in [-0.1, -0.05) is 55.5 Å². The van der Waals surface area contributed by atoms with Crippen LogP contribution in [0.2, 0.25) is 0 Å². The van der Waals surface area contributed by atoms with Gasteiger partial charge in [0.1, 0.15) is 5.75 Å². The summed E-state index contributed by atoms with van der Waals surface area (Å²) in [5, 5.41) is 0. The molecule has 0 spiro atoms. The lowest BCUT2D eigenvalue weighted by Crippen LogP contribution is -2.56. The van der Waals surface area contributed by atoms with E-state index in [4.69, 9.17) is 4.74 Å². The number of rotatable bonds is 8. The van der Waals surface area contributed by atoms with Crippen molar-refractivity contribution in [3.8, 4) is 16.9 Å². The van der Waals surface area contributed by atoms with Crippen LogP contribution in [0.1, 0.15) is 26.2 Å². The van der Waals surface area contributed by atoms with Crippen molar-refractivity contribution in [2.45, 2.75) is 43.2 Å². The first kappa shape index (κ1) is 25.8. The molecule has 2 heterocycles. The number of benzene rings is 3. The third-order valence-electron chi connectivity index (χ3n) is 7.86. The van der Waals surface area contributed by atoms with Crippen LogP contribution < -0.4 is 9.64 Å². The van der Waals surface area contributed by atoms with Crippen molar-refractivity contribution in [3.63, 3.8) is 0 Å². The summed E-state index contributed by atoms with van der Waals surface area (Å²) in [6, 6.07) is 25.8. The summed E-state index contributed by atoms with van der Waals surface area (Å²) in [7, 11) is -1.96. The lowest BCUT2D eigenvalue weighted by molar-refractivity contribution is 0.194. The summed E-state index contributed by atoms with van der Waals surface area (Å²) in [4.78, 5) is 5.18. The topological polar surface area (TPSA) is 53.1 Å². The van der Waals surface area contributed by atoms with Crippen molar-refractivity contribution in [2.75, 3.05) is 44.7 Å². The van der Waals surface area contributed by atoms with Gasteiger partial charge in [0.2, 0.25) is 10.0 Å². The number of piperazine rings is 1. The fourth-order valence-electron chi connectivity index (χ4n) is 5.87. The monoisotopic (exact) mass is 519 g/mol. The van der Waals surface area contributed by atoms with E-state index in [-0.39, 0.29) is 6.04 Å². The van der Waals surface area contributed by atoms with E-state index in [0.717, 1.165) is 48.5 Å². The van der Waals surface area contributed by atoms with Crippen molar-refractivity contribution in [1.29, 1.82) is 0 Å². The smallest absolute Gasteiger partial charge is 0.243 e. The third-order valence-corrected chi connectivity index (χ3v) is 9.83. The number of likely N-dealkylation sites (tertiary alicyclic amines) is 1. The Bertz CT molecular complexity index is 1280. The van der Waals surface area contributed by atoms with Gasteiger partial charge >= 0.3 is 0 Å². The van der Waals surface area contributed by atoms with Gasteiger partial charge in [0.15, 0.2) is 0 Å². The Labute approximate surface area is 221 Å². The molecule has 7 heteroatoms. The van der Waals surface area contributed by atoms with Crippen molar-refractivity contribution >= 4 is 15.7 Å². The molecule has 37 heavy (non-hydrogen) atoms. The Morgan fingerprint density at radius 2 is 1.62 bits per heavy atom. The Hall–Kier alpha value is -2.87. The second-order valence-corrected chi connectivity index (χ2v) is 11.9. The zero-order valence-electron chi connectivity index (χ0n) is 21.8. The molecule has 0 aromatic heterocycles. The second-order valence-electron chi connectivity index (χ2n) is 9.97. The summed E-state index contributed by atoms with van der Waals surface area (Å²) in [5.74, 6) is 0.815. The molecule has 0 bridgehead atoms. The molecule has 3 aromatic carbocycles. The number of nitrogens with zero attached hydrogens (tertiary/aromatic N) is 3. The normalized spacial score (nSPS) is 21.3. The minimum absolute atomic E-state index is 0.101. The van der Waals surface area contributed by atoms with Crippen LogP contribution >= 0.6 is 0 Å². The summed E-state index contributed by atoms with van der Waals surface area (Å²) >= 11 is 0. The summed E-state index contributed by atoms with van der Waals surface area (Å²) < 4.78 is 35.2. The lowest BCUT2D eigenvalue weighted by Gasteiger charge is -2.43. The van der Waals surface area contributed by atoms with E-state index in [2.05, 4.69) is 22.8 Å². The molecule has 2 atom stereocenters. The van der Waals surface area contributed by atoms with Gasteiger partial charge in [-0.2, -0.15) is 4.31 Å². The highest BCUT2D eigenvalue weighted by Crippen LogP contribution is 2.32. The van der Waals surface area contributed by atoms with E-state index in [9.17, 15) is 8.42 Å². The van der Waals surface area contributed by atoms with Gasteiger partial charge in [0.25, 0.3) is 0 Å². The fraction of sp³-hybridized carbons (Fsp3) is 0.400. The highest BCUT2D eigenvalue weighted by Gasteiger charge is 2.39. The molecule has 0 amide bonds. The molecule has 2 unspecified atom stereocenters. The lowest BCUT2D eigenvalue weighted by atomic mass is 10.0. The maximum Gasteiger partial charge on any atom is 0.243 e. The van der Waals surface area contributed by atoms with Crippen LogP contribution in [-0.2, 0) is 10.0 Å². The minimum Gasteiger partial charge on any atom is -0.497 e. The first-order chi connectivity index (χ1) is 18.0. The van der Waals surface area contributed by atoms with Crippen molar-refractivity contribution < 1.29 is 13.2 Å². The Kier molecular flexibility index (Phi) is 7.84. The fourth-order valence-corrected chi connectivity index (χ4v) is 7.48. The van der Waals surface area contributed by atoms with Gasteiger partial charge < -0.3 is 14.5 Å². The maximum absolute atomic E-state index is 14.0. The van der Waals surface area contributed by atoms with Gasteiger partial charge in [-0.05, 0) is 67.7 Å². The maximum atomic E-state index is 14.0. The molecule has 6 nitrogen and oxygen atoms in total. The van der Waals surface area contributed by atoms with Crippen LogP contribution in [0.25, 0.3) is 11.1 Å². The van der Waals surface area contributed by atoms with Gasteiger partial charge in [0, 0.05) is 43.5 Å². The Balaban J connectivity index is 1.42. The molecule has 2 saturated heterocycles. The van der Waals surface area contributed by atoms with Gasteiger partial charge in [-0.15, -0.1) is 0 Å². The highest BCUT2D eigenvalue weighted by atomic mass is 32.2. The summed E-state index contributed by atoms with van der Waals surface area (Å²) in [6.45, 7) is 6.08. The van der Waals surface area contributed by atoms with Crippen molar-refractivity contribution in [3.05, 3.63) is 78.9 Å². The minimum atomic E-state index is -3.63. The van der Waals surface area contributed by atoms with Crippen LogP contribution in [0.5, 0.6) is 5.75 Å². The zero-order chi connectivity index (χ0) is 25.8. The number of sulfonamides is 1. The average molecular weight is 520 g/mol. The molecule has 196 valence electrons. The van der Waals surface area contributed by atoms with E-state index in [0.29, 0.717) is 30.6 Å². The molecule has 2 aliphatic heterocycles. The molecule has 5 rings (SSSR count). The van der Waals surface area contributed by atoms with Crippen LogP contribution in [0.3, 0.4) is 0 Å². The third kappa shape index (κ3) is 5.54. The number of anilines is 1. The predicted octanol–water partition coefficient (Wildman–Crippen LogP) is 5.12. The van der Waals surface area contributed by atoms with E-state index in [1.165, 1.54) is 6.42 Å². The number of ether oxygens (including phenoxy) is 1. The molecule has 2 aliphatic rings. The number of methoxy groups -OCH3 is 1. The van der Waals surface area contributed by atoms with Gasteiger partial charge in [0.05, 0.1) is 12.0 Å². The Morgan fingerprint density at radius 3 is 2.35 bits per heavy atom. The van der Waals surface area contributed by atoms with E-state index in [1.807, 2.05) is 60.7 Å². The summed E-state index contributed by atoms with van der Waals surface area (Å²) in [5.41, 5.74) is 3.17. The Morgan fingerprint density at radius 1 is 0.865 bits per heavy atom.